The lowest BCUT2D eigenvalue weighted by Crippen LogP contribution is -2.67. The number of carbonyl (C=O) groups is 1. The van der Waals surface area contributed by atoms with Gasteiger partial charge in [-0.1, -0.05) is 0 Å². The van der Waals surface area contributed by atoms with E-state index in [1.165, 1.54) is 0 Å². The second-order valence-corrected chi connectivity index (χ2v) is 8.82. The van der Waals surface area contributed by atoms with Crippen LogP contribution in [0.2, 0.25) is 0 Å². The highest BCUT2D eigenvalue weighted by Gasteiger charge is 2.50. The molecule has 8 heteroatoms. The molecule has 0 saturated carbocycles. The van der Waals surface area contributed by atoms with Crippen LogP contribution in [-0.2, 0) is 12.7 Å². The molecule has 0 aromatic heterocycles. The average molecular weight is 404 g/mol. The Morgan fingerprint density at radius 1 is 1.29 bits per heavy atom. The number of halogens is 4. The first-order chi connectivity index (χ1) is 12.7. The van der Waals surface area contributed by atoms with Gasteiger partial charge in [0.25, 0.3) is 6.09 Å². The van der Waals surface area contributed by atoms with Crippen molar-refractivity contribution >= 4 is 6.09 Å². The van der Waals surface area contributed by atoms with Gasteiger partial charge in [0.1, 0.15) is 12.4 Å². The summed E-state index contributed by atoms with van der Waals surface area (Å²) in [6.45, 7) is 9.62. The lowest BCUT2D eigenvalue weighted by Gasteiger charge is -2.45. The SMILES string of the molecule is CC(C)N(Cc1cc(F)ccc1C(F)(F)F)[C@H]1CC[N+](C(=O)[O-])(C(C)(C)C)C1. The van der Waals surface area contributed by atoms with E-state index in [0.29, 0.717) is 13.0 Å². The van der Waals surface area contributed by atoms with Crippen LogP contribution in [0.15, 0.2) is 18.2 Å². The molecule has 0 bridgehead atoms. The molecule has 2 atom stereocenters. The van der Waals surface area contributed by atoms with Crippen molar-refractivity contribution in [2.45, 2.75) is 71.4 Å². The van der Waals surface area contributed by atoms with Gasteiger partial charge in [0, 0.05) is 19.0 Å². The molecule has 1 heterocycles. The lowest BCUT2D eigenvalue weighted by molar-refractivity contribution is -0.909. The van der Waals surface area contributed by atoms with Crippen LogP contribution in [0.5, 0.6) is 0 Å². The minimum atomic E-state index is -4.59. The van der Waals surface area contributed by atoms with Gasteiger partial charge in [0.05, 0.1) is 23.7 Å². The van der Waals surface area contributed by atoms with E-state index in [2.05, 4.69) is 0 Å². The zero-order valence-electron chi connectivity index (χ0n) is 16.9. The van der Waals surface area contributed by atoms with Gasteiger partial charge in [0.2, 0.25) is 0 Å². The van der Waals surface area contributed by atoms with Gasteiger partial charge < -0.3 is 9.90 Å². The van der Waals surface area contributed by atoms with Crippen molar-refractivity contribution in [3.05, 3.63) is 35.1 Å². The van der Waals surface area contributed by atoms with E-state index in [9.17, 15) is 27.5 Å². The Kier molecular flexibility index (Phi) is 6.16. The molecule has 1 aromatic carbocycles. The van der Waals surface area contributed by atoms with Gasteiger partial charge in [-0.05, 0) is 58.4 Å². The second kappa shape index (κ2) is 7.63. The van der Waals surface area contributed by atoms with Crippen LogP contribution in [0.4, 0.5) is 22.4 Å². The normalized spacial score (nSPS) is 23.6. The molecule has 158 valence electrons. The van der Waals surface area contributed by atoms with Crippen LogP contribution in [0.25, 0.3) is 0 Å². The average Bonchev–Trinajstić information content (AvgIpc) is 2.97. The number of amides is 1. The van der Waals surface area contributed by atoms with Gasteiger partial charge in [-0.2, -0.15) is 13.2 Å². The predicted molar refractivity (Wildman–Crippen MR) is 95.6 cm³/mol. The molecule has 1 fully saturated rings. The zero-order valence-corrected chi connectivity index (χ0v) is 16.9. The number of hydrogen-bond acceptors (Lipinski definition) is 3. The Balaban J connectivity index is 2.37. The van der Waals surface area contributed by atoms with Crippen LogP contribution >= 0.6 is 0 Å². The highest BCUT2D eigenvalue weighted by molar-refractivity contribution is 5.55. The summed E-state index contributed by atoms with van der Waals surface area (Å²) in [5.41, 5.74) is -1.61. The first-order valence-corrected chi connectivity index (χ1v) is 9.39. The number of likely N-dealkylation sites (tertiary alicyclic amines) is 1. The maximum Gasteiger partial charge on any atom is 0.416 e. The molecule has 4 nitrogen and oxygen atoms in total. The van der Waals surface area contributed by atoms with Gasteiger partial charge in [0.15, 0.2) is 0 Å². The third-order valence-corrected chi connectivity index (χ3v) is 5.86. The van der Waals surface area contributed by atoms with Crippen molar-refractivity contribution in [1.29, 1.82) is 0 Å². The van der Waals surface area contributed by atoms with Gasteiger partial charge >= 0.3 is 6.18 Å². The van der Waals surface area contributed by atoms with E-state index >= 15 is 0 Å². The third kappa shape index (κ3) is 4.33. The van der Waals surface area contributed by atoms with E-state index in [-0.39, 0.29) is 35.2 Å². The number of carboxylic acid groups (broad SMARTS) is 1. The molecule has 1 unspecified atom stereocenters. The maximum absolute atomic E-state index is 13.7. The molecule has 0 aliphatic carbocycles. The number of carbonyl (C=O) groups excluding carboxylic acids is 1. The zero-order chi connectivity index (χ0) is 21.5. The lowest BCUT2D eigenvalue weighted by atomic mass is 10.0. The Morgan fingerprint density at radius 2 is 1.89 bits per heavy atom. The molecule has 1 aromatic rings. The monoisotopic (exact) mass is 404 g/mol. The Bertz CT molecular complexity index is 728. The Labute approximate surface area is 163 Å². The van der Waals surface area contributed by atoms with Crippen LogP contribution < -0.4 is 5.11 Å². The predicted octanol–water partition coefficient (Wildman–Crippen LogP) is 3.79. The molecule has 1 saturated heterocycles. The fourth-order valence-electron chi connectivity index (χ4n) is 4.13. The standard InChI is InChI=1S/C20H28F4N2O2/c1-13(2)25(11-14-10-15(21)6-7-17(14)20(22,23)24)16-8-9-26(12-16,18(27)28)19(3,4)5/h6-7,10,13,16H,8-9,11-12H2,1-5H3/t16-,26?/m0/s1. The number of rotatable bonds is 4. The second-order valence-electron chi connectivity index (χ2n) is 8.82. The summed E-state index contributed by atoms with van der Waals surface area (Å²) in [4.78, 5) is 13.8. The van der Waals surface area contributed by atoms with Crippen molar-refractivity contribution in [3.8, 4) is 0 Å². The Morgan fingerprint density at radius 3 is 2.32 bits per heavy atom. The molecule has 0 N–H and O–H groups in total. The van der Waals surface area contributed by atoms with Crippen molar-refractivity contribution in [2.24, 2.45) is 0 Å². The summed E-state index contributed by atoms with van der Waals surface area (Å²) < 4.78 is 53.5. The largest absolute Gasteiger partial charge is 0.498 e. The van der Waals surface area contributed by atoms with Gasteiger partial charge in [-0.15, -0.1) is 0 Å². The minimum absolute atomic E-state index is 0.105. The summed E-state index contributed by atoms with van der Waals surface area (Å²) in [5, 5.41) is 11.9. The van der Waals surface area contributed by atoms with E-state index in [1.807, 2.05) is 39.5 Å². The summed E-state index contributed by atoms with van der Waals surface area (Å²) in [5.74, 6) is -0.729. The van der Waals surface area contributed by atoms with Gasteiger partial charge in [-0.25, -0.2) is 4.39 Å². The molecular weight excluding hydrogens is 376 g/mol. The third-order valence-electron chi connectivity index (χ3n) is 5.86. The summed E-state index contributed by atoms with van der Waals surface area (Å²) in [6.07, 6.45) is -5.25. The number of hydrogen-bond donors (Lipinski definition) is 0. The summed E-state index contributed by atoms with van der Waals surface area (Å²) >= 11 is 0. The van der Waals surface area contributed by atoms with Crippen LogP contribution in [0.1, 0.15) is 52.2 Å². The van der Waals surface area contributed by atoms with E-state index in [4.69, 9.17) is 0 Å². The van der Waals surface area contributed by atoms with Crippen molar-refractivity contribution < 1.29 is 31.9 Å². The molecule has 1 aliphatic heterocycles. The number of benzene rings is 1. The fourth-order valence-corrected chi connectivity index (χ4v) is 4.13. The first kappa shape index (κ1) is 22.6. The smallest absolute Gasteiger partial charge is 0.416 e. The topological polar surface area (TPSA) is 43.4 Å². The van der Waals surface area contributed by atoms with Crippen molar-refractivity contribution in [2.75, 3.05) is 13.1 Å². The molecule has 2 rings (SSSR count). The van der Waals surface area contributed by atoms with E-state index in [0.717, 1.165) is 18.2 Å². The Hall–Kier alpha value is -1.67. The number of alkyl halides is 3. The molecule has 0 radical (unpaired) electrons. The van der Waals surface area contributed by atoms with E-state index < -0.39 is 29.2 Å². The summed E-state index contributed by atoms with van der Waals surface area (Å²) in [6, 6.07) is 2.09. The van der Waals surface area contributed by atoms with Crippen LogP contribution in [0.3, 0.4) is 0 Å². The number of nitrogens with zero attached hydrogens (tertiary/aromatic N) is 2. The van der Waals surface area contributed by atoms with Crippen LogP contribution in [0, 0.1) is 5.82 Å². The maximum atomic E-state index is 13.7. The minimum Gasteiger partial charge on any atom is -0.498 e. The van der Waals surface area contributed by atoms with E-state index in [1.54, 1.807) is 0 Å². The van der Waals surface area contributed by atoms with Crippen molar-refractivity contribution in [3.63, 3.8) is 0 Å². The summed E-state index contributed by atoms with van der Waals surface area (Å²) in [7, 11) is 0. The molecular formula is C20H28F4N2O2. The van der Waals surface area contributed by atoms with Gasteiger partial charge in [-0.3, -0.25) is 9.38 Å². The highest BCUT2D eigenvalue weighted by atomic mass is 19.4. The fraction of sp³-hybridized carbons (Fsp3) is 0.650. The quantitative estimate of drug-likeness (QED) is 0.567. The molecule has 0 spiro atoms. The molecule has 28 heavy (non-hydrogen) atoms. The number of quaternary nitrogens is 1. The first-order valence-electron chi connectivity index (χ1n) is 9.39. The molecule has 1 aliphatic rings. The van der Waals surface area contributed by atoms with Crippen LogP contribution in [-0.4, -0.2) is 46.2 Å². The molecule has 1 amide bonds. The highest BCUT2D eigenvalue weighted by Crippen LogP contribution is 2.36. The van der Waals surface area contributed by atoms with Crippen molar-refractivity contribution in [1.82, 2.24) is 4.90 Å².